The molecule has 0 radical (unpaired) electrons. The van der Waals surface area contributed by atoms with Gasteiger partial charge in [0.25, 0.3) is 0 Å². The van der Waals surface area contributed by atoms with Crippen LogP contribution in [0.1, 0.15) is 12.7 Å². The third-order valence-corrected chi connectivity index (χ3v) is 9.16. The second-order valence-corrected chi connectivity index (χ2v) is 12.1. The summed E-state index contributed by atoms with van der Waals surface area (Å²) in [6, 6.07) is 44.3. The quantitative estimate of drug-likeness (QED) is 0.171. The summed E-state index contributed by atoms with van der Waals surface area (Å²) in [5, 5.41) is 3.34. The number of aryl methyl sites for hydroxylation is 1. The van der Waals surface area contributed by atoms with Gasteiger partial charge in [-0.25, -0.2) is 15.0 Å². The zero-order valence-electron chi connectivity index (χ0n) is 26.8. The topological polar surface area (TPSA) is 69.4 Å². The van der Waals surface area contributed by atoms with Crippen molar-refractivity contribution >= 4 is 32.7 Å². The predicted octanol–water partition coefficient (Wildman–Crippen LogP) is 10.1. The van der Waals surface area contributed by atoms with E-state index in [1.807, 2.05) is 30.3 Å². The number of imidazole rings is 1. The Labute approximate surface area is 283 Å². The first kappa shape index (κ1) is 28.7. The number of rotatable bonds is 6. The summed E-state index contributed by atoms with van der Waals surface area (Å²) in [4.78, 5) is 24.0. The molecule has 0 amide bonds. The summed E-state index contributed by atoms with van der Waals surface area (Å²) in [6.45, 7) is 2.16. The number of hydrogen-bond acceptors (Lipinski definition) is 5. The highest BCUT2D eigenvalue weighted by Gasteiger charge is 2.19. The summed E-state index contributed by atoms with van der Waals surface area (Å²) in [7, 11) is 0. The third-order valence-electron chi connectivity index (χ3n) is 9.16. The molecule has 4 aromatic carbocycles. The molecule has 0 saturated carbocycles. The van der Waals surface area contributed by atoms with E-state index in [9.17, 15) is 0 Å². The average Bonchev–Trinajstić information content (AvgIpc) is 3.57. The number of benzene rings is 4. The minimum atomic E-state index is 0.811. The molecule has 0 aliphatic carbocycles. The summed E-state index contributed by atoms with van der Waals surface area (Å²) in [6.07, 6.45) is 8.01. The van der Waals surface area contributed by atoms with Crippen molar-refractivity contribution in [2.24, 2.45) is 0 Å². The minimum absolute atomic E-state index is 0.811. The summed E-state index contributed by atoms with van der Waals surface area (Å²) >= 11 is 0. The van der Waals surface area contributed by atoms with Crippen LogP contribution in [0.4, 0.5) is 0 Å². The van der Waals surface area contributed by atoms with Crippen molar-refractivity contribution in [3.63, 3.8) is 0 Å². The molecule has 0 fully saturated rings. The fourth-order valence-corrected chi connectivity index (χ4v) is 6.80. The number of hydrogen-bond donors (Lipinski definition) is 0. The highest BCUT2D eigenvalue weighted by atomic mass is 15.1. The zero-order chi connectivity index (χ0) is 32.7. The molecule has 0 saturated heterocycles. The Hall–Kier alpha value is -6.53. The fourth-order valence-electron chi connectivity index (χ4n) is 6.80. The molecule has 0 aliphatic rings. The normalized spacial score (nSPS) is 11.4. The zero-order valence-corrected chi connectivity index (χ0v) is 26.8. The van der Waals surface area contributed by atoms with Gasteiger partial charge >= 0.3 is 0 Å². The molecular weight excluding hydrogens is 601 g/mol. The van der Waals surface area contributed by atoms with E-state index in [1.54, 1.807) is 24.8 Å². The smallest absolute Gasteiger partial charge is 0.114 e. The van der Waals surface area contributed by atoms with Gasteiger partial charge in [0.15, 0.2) is 0 Å². The largest absolute Gasteiger partial charge is 0.296 e. The van der Waals surface area contributed by atoms with Crippen LogP contribution in [0.15, 0.2) is 152 Å². The van der Waals surface area contributed by atoms with E-state index in [-0.39, 0.29) is 0 Å². The van der Waals surface area contributed by atoms with E-state index in [2.05, 4.69) is 119 Å². The number of aromatic nitrogens is 6. The van der Waals surface area contributed by atoms with Crippen molar-refractivity contribution in [3.05, 3.63) is 158 Å². The van der Waals surface area contributed by atoms with Crippen LogP contribution >= 0.6 is 0 Å². The van der Waals surface area contributed by atoms with Crippen LogP contribution in [0.25, 0.3) is 83.3 Å². The highest BCUT2D eigenvalue weighted by Crippen LogP contribution is 2.39. The lowest BCUT2D eigenvalue weighted by Gasteiger charge is -2.13. The summed E-state index contributed by atoms with van der Waals surface area (Å²) in [5.74, 6) is 1.02. The third kappa shape index (κ3) is 5.02. The van der Waals surface area contributed by atoms with E-state index in [0.29, 0.717) is 0 Å². The van der Waals surface area contributed by atoms with Crippen molar-refractivity contribution in [1.29, 1.82) is 0 Å². The molecule has 0 N–H and O–H groups in total. The highest BCUT2D eigenvalue weighted by molar-refractivity contribution is 6.19. The molecule has 5 aromatic heterocycles. The van der Waals surface area contributed by atoms with Crippen molar-refractivity contribution in [3.8, 4) is 50.6 Å². The predicted molar refractivity (Wildman–Crippen MR) is 198 cm³/mol. The molecule has 0 atom stereocenters. The van der Waals surface area contributed by atoms with E-state index < -0.39 is 0 Å². The summed E-state index contributed by atoms with van der Waals surface area (Å²) in [5.41, 5.74) is 12.1. The van der Waals surface area contributed by atoms with E-state index in [4.69, 9.17) is 15.0 Å². The standard InChI is InChI=1S/C43H30N6/c1-2-40-48-43-39(49(40)33-8-4-3-5-9-33)17-16-35-34-10-6-7-11-36(34)47-42(41(35)43)31-14-12-28(13-15-31)32-26-37(29-18-22-44-23-19-29)46-38(27-32)30-20-24-45-25-21-30/h3-27H,2H2,1H3. The molecule has 232 valence electrons. The average molecular weight is 631 g/mol. The maximum Gasteiger partial charge on any atom is 0.114 e. The molecule has 0 aliphatic heterocycles. The van der Waals surface area contributed by atoms with Gasteiger partial charge in [0.05, 0.1) is 33.6 Å². The van der Waals surface area contributed by atoms with Gasteiger partial charge in [-0.05, 0) is 77.2 Å². The Morgan fingerprint density at radius 1 is 0.510 bits per heavy atom. The number of para-hydroxylation sites is 2. The van der Waals surface area contributed by atoms with Gasteiger partial charge < -0.3 is 0 Å². The first-order chi connectivity index (χ1) is 24.2. The molecule has 0 unspecified atom stereocenters. The number of fused-ring (bicyclic) bond motifs is 5. The van der Waals surface area contributed by atoms with Gasteiger partial charge in [-0.1, -0.05) is 73.7 Å². The van der Waals surface area contributed by atoms with Gasteiger partial charge in [0, 0.05) is 64.4 Å². The first-order valence-corrected chi connectivity index (χ1v) is 16.5. The van der Waals surface area contributed by atoms with Crippen LogP contribution in [-0.4, -0.2) is 29.5 Å². The number of pyridine rings is 4. The molecule has 5 heterocycles. The SMILES string of the molecule is CCc1nc2c3c(-c4ccc(-c5cc(-c6ccncc6)nc(-c6ccncc6)c5)cc4)nc4ccccc4c3ccc2n1-c1ccccc1. The lowest BCUT2D eigenvalue weighted by molar-refractivity contribution is 0.908. The molecular formula is C43H30N6. The summed E-state index contributed by atoms with van der Waals surface area (Å²) < 4.78 is 2.28. The van der Waals surface area contributed by atoms with Gasteiger partial charge in [-0.2, -0.15) is 0 Å². The van der Waals surface area contributed by atoms with E-state index in [1.165, 1.54) is 0 Å². The monoisotopic (exact) mass is 630 g/mol. The Bertz CT molecular complexity index is 2560. The van der Waals surface area contributed by atoms with Crippen molar-refractivity contribution in [2.75, 3.05) is 0 Å². The Morgan fingerprint density at radius 3 is 1.82 bits per heavy atom. The second kappa shape index (κ2) is 11.9. The van der Waals surface area contributed by atoms with Crippen molar-refractivity contribution in [1.82, 2.24) is 29.5 Å². The molecule has 9 aromatic rings. The van der Waals surface area contributed by atoms with Crippen LogP contribution in [-0.2, 0) is 6.42 Å². The van der Waals surface area contributed by atoms with E-state index >= 15 is 0 Å². The number of nitrogens with zero attached hydrogens (tertiary/aromatic N) is 6. The van der Waals surface area contributed by atoms with Crippen LogP contribution in [0, 0.1) is 0 Å². The van der Waals surface area contributed by atoms with Gasteiger partial charge in [0.1, 0.15) is 5.82 Å². The fraction of sp³-hybridized carbons (Fsp3) is 0.0465. The minimum Gasteiger partial charge on any atom is -0.296 e. The molecule has 9 rings (SSSR count). The van der Waals surface area contributed by atoms with E-state index in [0.717, 1.165) is 95.5 Å². The maximum absolute atomic E-state index is 5.30. The molecule has 6 heteroatoms. The van der Waals surface area contributed by atoms with Gasteiger partial charge in [-0.3, -0.25) is 14.5 Å². The molecule has 0 bridgehead atoms. The van der Waals surface area contributed by atoms with Crippen LogP contribution in [0.5, 0.6) is 0 Å². The lowest BCUT2D eigenvalue weighted by Crippen LogP contribution is -1.99. The van der Waals surface area contributed by atoms with Crippen molar-refractivity contribution in [2.45, 2.75) is 13.3 Å². The molecule has 49 heavy (non-hydrogen) atoms. The molecule has 0 spiro atoms. The van der Waals surface area contributed by atoms with Crippen LogP contribution in [0.3, 0.4) is 0 Å². The van der Waals surface area contributed by atoms with Crippen LogP contribution < -0.4 is 0 Å². The van der Waals surface area contributed by atoms with Gasteiger partial charge in [-0.15, -0.1) is 0 Å². The maximum atomic E-state index is 5.30. The Kier molecular flexibility index (Phi) is 6.98. The van der Waals surface area contributed by atoms with Gasteiger partial charge in [0.2, 0.25) is 0 Å². The van der Waals surface area contributed by atoms with Crippen LogP contribution in [0.2, 0.25) is 0 Å². The first-order valence-electron chi connectivity index (χ1n) is 16.5. The Balaban J connectivity index is 1.23. The lowest BCUT2D eigenvalue weighted by atomic mass is 9.96. The van der Waals surface area contributed by atoms with Crippen molar-refractivity contribution < 1.29 is 0 Å². The molecule has 6 nitrogen and oxygen atoms in total. The Morgan fingerprint density at radius 2 is 1.14 bits per heavy atom. The second-order valence-electron chi connectivity index (χ2n) is 12.1.